The van der Waals surface area contributed by atoms with Gasteiger partial charge < -0.3 is 15.0 Å². The van der Waals surface area contributed by atoms with Gasteiger partial charge in [0.1, 0.15) is 11.6 Å². The van der Waals surface area contributed by atoms with Crippen LogP contribution in [0.2, 0.25) is 0 Å². The van der Waals surface area contributed by atoms with Gasteiger partial charge in [-0.1, -0.05) is 0 Å². The van der Waals surface area contributed by atoms with Gasteiger partial charge in [-0.05, 0) is 55.5 Å². The Morgan fingerprint density at radius 3 is 2.52 bits per heavy atom. The summed E-state index contributed by atoms with van der Waals surface area (Å²) in [6, 6.07) is 12.8. The molecule has 0 spiro atoms. The molecule has 0 unspecified atom stereocenters. The summed E-state index contributed by atoms with van der Waals surface area (Å²) in [7, 11) is 0. The maximum atomic E-state index is 12.9. The van der Waals surface area contributed by atoms with Crippen molar-refractivity contribution in [3.63, 3.8) is 0 Å². The number of ether oxygens (including phenoxy) is 1. The molecule has 1 saturated heterocycles. The van der Waals surface area contributed by atoms with E-state index in [0.717, 1.165) is 11.4 Å². The summed E-state index contributed by atoms with van der Waals surface area (Å²) < 4.78 is 18.3. The molecule has 1 heterocycles. The van der Waals surface area contributed by atoms with Gasteiger partial charge >= 0.3 is 0 Å². The van der Waals surface area contributed by atoms with Crippen molar-refractivity contribution in [3.8, 4) is 5.75 Å². The topological polar surface area (TPSA) is 58.6 Å². The van der Waals surface area contributed by atoms with E-state index < -0.39 is 5.92 Å². The first-order valence-corrected chi connectivity index (χ1v) is 8.16. The predicted octanol–water partition coefficient (Wildman–Crippen LogP) is 3.22. The fourth-order valence-corrected chi connectivity index (χ4v) is 2.80. The van der Waals surface area contributed by atoms with Crippen LogP contribution in [0.25, 0.3) is 0 Å². The fourth-order valence-electron chi connectivity index (χ4n) is 2.80. The van der Waals surface area contributed by atoms with Crippen LogP contribution in [0.1, 0.15) is 13.3 Å². The molecule has 0 aromatic heterocycles. The highest BCUT2D eigenvalue weighted by molar-refractivity contribution is 6.03. The van der Waals surface area contributed by atoms with Crippen LogP contribution in [0, 0.1) is 11.7 Å². The number of halogens is 1. The quantitative estimate of drug-likeness (QED) is 0.908. The maximum absolute atomic E-state index is 12.9. The summed E-state index contributed by atoms with van der Waals surface area (Å²) >= 11 is 0. The van der Waals surface area contributed by atoms with Crippen molar-refractivity contribution in [3.05, 3.63) is 54.3 Å². The Balaban J connectivity index is 1.65. The fraction of sp³-hybridized carbons (Fsp3) is 0.263. The summed E-state index contributed by atoms with van der Waals surface area (Å²) in [5.74, 6) is -0.403. The first-order chi connectivity index (χ1) is 12.1. The molecule has 0 saturated carbocycles. The SMILES string of the molecule is CCOc1ccc(N2C[C@@H](C(=O)Nc3ccc(F)cc3)CC2=O)cc1. The third-order valence-corrected chi connectivity index (χ3v) is 4.07. The van der Waals surface area contributed by atoms with Crippen molar-refractivity contribution < 1.29 is 18.7 Å². The largest absolute Gasteiger partial charge is 0.494 e. The van der Waals surface area contributed by atoms with Crippen LogP contribution < -0.4 is 15.0 Å². The van der Waals surface area contributed by atoms with Gasteiger partial charge in [0.25, 0.3) is 0 Å². The molecule has 1 atom stereocenters. The third kappa shape index (κ3) is 3.96. The van der Waals surface area contributed by atoms with Crippen LogP contribution in [0.15, 0.2) is 48.5 Å². The number of amides is 2. The second-order valence-electron chi connectivity index (χ2n) is 5.83. The number of nitrogens with one attached hydrogen (secondary N) is 1. The monoisotopic (exact) mass is 342 g/mol. The van der Waals surface area contributed by atoms with Crippen molar-refractivity contribution in [1.29, 1.82) is 0 Å². The minimum Gasteiger partial charge on any atom is -0.494 e. The average molecular weight is 342 g/mol. The van der Waals surface area contributed by atoms with E-state index in [9.17, 15) is 14.0 Å². The molecule has 1 aliphatic rings. The Morgan fingerprint density at radius 1 is 1.20 bits per heavy atom. The number of anilines is 2. The van der Waals surface area contributed by atoms with E-state index in [0.29, 0.717) is 18.8 Å². The summed E-state index contributed by atoms with van der Waals surface area (Å²) in [4.78, 5) is 26.2. The first kappa shape index (κ1) is 17.0. The van der Waals surface area contributed by atoms with Gasteiger partial charge in [0.15, 0.2) is 0 Å². The maximum Gasteiger partial charge on any atom is 0.229 e. The molecule has 2 aromatic carbocycles. The van der Waals surface area contributed by atoms with Crippen LogP contribution in [0.5, 0.6) is 5.75 Å². The Morgan fingerprint density at radius 2 is 1.88 bits per heavy atom. The molecule has 130 valence electrons. The molecular formula is C19H19FN2O3. The number of benzene rings is 2. The lowest BCUT2D eigenvalue weighted by Crippen LogP contribution is -2.28. The second-order valence-corrected chi connectivity index (χ2v) is 5.83. The number of hydrogen-bond donors (Lipinski definition) is 1. The van der Waals surface area contributed by atoms with Gasteiger partial charge in [-0.15, -0.1) is 0 Å². The molecule has 5 nitrogen and oxygen atoms in total. The first-order valence-electron chi connectivity index (χ1n) is 8.16. The van der Waals surface area contributed by atoms with E-state index >= 15 is 0 Å². The van der Waals surface area contributed by atoms with Gasteiger partial charge in [0, 0.05) is 24.3 Å². The lowest BCUT2D eigenvalue weighted by atomic mass is 10.1. The number of carbonyl (C=O) groups is 2. The molecule has 1 N–H and O–H groups in total. The van der Waals surface area contributed by atoms with E-state index in [1.807, 2.05) is 19.1 Å². The highest BCUT2D eigenvalue weighted by atomic mass is 19.1. The Kier molecular flexibility index (Phi) is 4.97. The van der Waals surface area contributed by atoms with E-state index in [4.69, 9.17) is 4.74 Å². The van der Waals surface area contributed by atoms with Crippen LogP contribution in [-0.4, -0.2) is 25.0 Å². The standard InChI is InChI=1S/C19H19FN2O3/c1-2-25-17-9-7-16(8-10-17)22-12-13(11-18(22)23)19(24)21-15-5-3-14(20)4-6-15/h3-10,13H,2,11-12H2,1H3,(H,21,24)/t13-/m0/s1. The van der Waals surface area contributed by atoms with Crippen molar-refractivity contribution >= 4 is 23.2 Å². The Labute approximate surface area is 145 Å². The average Bonchev–Trinajstić information content (AvgIpc) is 3.00. The number of rotatable bonds is 5. The van der Waals surface area contributed by atoms with Crippen LogP contribution in [-0.2, 0) is 9.59 Å². The number of hydrogen-bond acceptors (Lipinski definition) is 3. The van der Waals surface area contributed by atoms with Crippen molar-refractivity contribution in [2.24, 2.45) is 5.92 Å². The number of carbonyl (C=O) groups excluding carboxylic acids is 2. The Hall–Kier alpha value is -2.89. The highest BCUT2D eigenvalue weighted by Gasteiger charge is 2.35. The molecule has 0 radical (unpaired) electrons. The zero-order chi connectivity index (χ0) is 17.8. The predicted molar refractivity (Wildman–Crippen MR) is 93.1 cm³/mol. The second kappa shape index (κ2) is 7.34. The molecule has 2 amide bonds. The lowest BCUT2D eigenvalue weighted by Gasteiger charge is -2.17. The van der Waals surface area contributed by atoms with Crippen LogP contribution in [0.4, 0.5) is 15.8 Å². The van der Waals surface area contributed by atoms with Gasteiger partial charge in [-0.25, -0.2) is 4.39 Å². The van der Waals surface area contributed by atoms with Gasteiger partial charge in [0.05, 0.1) is 12.5 Å². The molecule has 0 bridgehead atoms. The molecule has 0 aliphatic carbocycles. The zero-order valence-electron chi connectivity index (χ0n) is 13.9. The summed E-state index contributed by atoms with van der Waals surface area (Å²) in [6.45, 7) is 2.80. The lowest BCUT2D eigenvalue weighted by molar-refractivity contribution is -0.122. The smallest absolute Gasteiger partial charge is 0.229 e. The minimum atomic E-state index is -0.441. The summed E-state index contributed by atoms with van der Waals surface area (Å²) in [5.41, 5.74) is 1.25. The van der Waals surface area contributed by atoms with E-state index in [2.05, 4.69) is 5.32 Å². The third-order valence-electron chi connectivity index (χ3n) is 4.07. The molecule has 6 heteroatoms. The van der Waals surface area contributed by atoms with Gasteiger partial charge in [-0.2, -0.15) is 0 Å². The van der Waals surface area contributed by atoms with Crippen LogP contribution >= 0.6 is 0 Å². The van der Waals surface area contributed by atoms with Gasteiger partial charge in [-0.3, -0.25) is 9.59 Å². The highest BCUT2D eigenvalue weighted by Crippen LogP contribution is 2.27. The normalized spacial score (nSPS) is 16.8. The summed E-state index contributed by atoms with van der Waals surface area (Å²) in [6.07, 6.45) is 0.153. The van der Waals surface area contributed by atoms with Crippen molar-refractivity contribution in [1.82, 2.24) is 0 Å². The van der Waals surface area contributed by atoms with Gasteiger partial charge in [0.2, 0.25) is 11.8 Å². The van der Waals surface area contributed by atoms with E-state index in [-0.39, 0.29) is 24.1 Å². The van der Waals surface area contributed by atoms with Crippen molar-refractivity contribution in [2.45, 2.75) is 13.3 Å². The molecule has 25 heavy (non-hydrogen) atoms. The molecule has 1 fully saturated rings. The zero-order valence-corrected chi connectivity index (χ0v) is 13.9. The summed E-state index contributed by atoms with van der Waals surface area (Å²) in [5, 5.41) is 2.73. The number of nitrogens with zero attached hydrogens (tertiary/aromatic N) is 1. The molecule has 3 rings (SSSR count). The molecule has 1 aliphatic heterocycles. The van der Waals surface area contributed by atoms with E-state index in [1.54, 1.807) is 17.0 Å². The van der Waals surface area contributed by atoms with Crippen LogP contribution in [0.3, 0.4) is 0 Å². The minimum absolute atomic E-state index is 0.0941. The Bertz CT molecular complexity index is 759. The molecular weight excluding hydrogens is 323 g/mol. The van der Waals surface area contributed by atoms with Crippen molar-refractivity contribution in [2.75, 3.05) is 23.4 Å². The van der Waals surface area contributed by atoms with E-state index in [1.165, 1.54) is 24.3 Å². The molecule has 2 aromatic rings.